The lowest BCUT2D eigenvalue weighted by molar-refractivity contribution is -0.385. The lowest BCUT2D eigenvalue weighted by Crippen LogP contribution is -2.44. The van der Waals surface area contributed by atoms with Crippen molar-refractivity contribution >= 4 is 17.3 Å². The van der Waals surface area contributed by atoms with E-state index in [1.54, 1.807) is 0 Å². The van der Waals surface area contributed by atoms with E-state index >= 15 is 0 Å². The van der Waals surface area contributed by atoms with E-state index in [4.69, 9.17) is 5.11 Å². The molecule has 0 unspecified atom stereocenters. The van der Waals surface area contributed by atoms with Gasteiger partial charge in [0.15, 0.2) is 0 Å². The standard InChI is InChI=1S/C13H19N3O4/c1-13(2,15(3)4)8-14-9-5-6-10(12(17)18)11(7-9)16(19)20/h5-7,14H,8H2,1-4H3,(H,17,18). The Kier molecular flexibility index (Phi) is 4.67. The van der Waals surface area contributed by atoms with Gasteiger partial charge in [0.05, 0.1) is 4.92 Å². The second kappa shape index (κ2) is 5.87. The molecule has 1 aromatic carbocycles. The van der Waals surface area contributed by atoms with Gasteiger partial charge in [-0.2, -0.15) is 0 Å². The second-order valence-electron chi connectivity index (χ2n) is 5.35. The molecule has 0 amide bonds. The van der Waals surface area contributed by atoms with Crippen LogP contribution >= 0.6 is 0 Å². The van der Waals surface area contributed by atoms with Crippen LogP contribution in [-0.2, 0) is 0 Å². The number of likely N-dealkylation sites (N-methyl/N-ethyl adjacent to an activating group) is 1. The molecule has 0 saturated heterocycles. The Hall–Kier alpha value is -2.15. The van der Waals surface area contributed by atoms with Crippen molar-refractivity contribution in [1.82, 2.24) is 4.90 Å². The molecule has 0 fully saturated rings. The quantitative estimate of drug-likeness (QED) is 0.612. The number of nitro groups is 1. The van der Waals surface area contributed by atoms with E-state index in [9.17, 15) is 14.9 Å². The van der Waals surface area contributed by atoms with Gasteiger partial charge < -0.3 is 15.3 Å². The maximum Gasteiger partial charge on any atom is 0.342 e. The third-order valence-electron chi connectivity index (χ3n) is 3.36. The largest absolute Gasteiger partial charge is 0.477 e. The summed E-state index contributed by atoms with van der Waals surface area (Å²) in [6, 6.07) is 4.02. The summed E-state index contributed by atoms with van der Waals surface area (Å²) in [7, 11) is 3.88. The number of nitro benzene ring substituents is 1. The fraction of sp³-hybridized carbons (Fsp3) is 0.462. The fourth-order valence-electron chi connectivity index (χ4n) is 1.45. The number of benzene rings is 1. The molecule has 7 nitrogen and oxygen atoms in total. The average Bonchev–Trinajstić information content (AvgIpc) is 2.35. The predicted molar refractivity (Wildman–Crippen MR) is 76.3 cm³/mol. The van der Waals surface area contributed by atoms with Crippen LogP contribution in [0.15, 0.2) is 18.2 Å². The minimum atomic E-state index is -1.31. The van der Waals surface area contributed by atoms with Crippen LogP contribution in [0.4, 0.5) is 11.4 Å². The Morgan fingerprint density at radius 1 is 1.45 bits per heavy atom. The third kappa shape index (κ3) is 3.67. The monoisotopic (exact) mass is 281 g/mol. The van der Waals surface area contributed by atoms with Crippen molar-refractivity contribution in [2.75, 3.05) is 26.0 Å². The van der Waals surface area contributed by atoms with Crippen molar-refractivity contribution in [3.63, 3.8) is 0 Å². The highest BCUT2D eigenvalue weighted by molar-refractivity contribution is 5.93. The Balaban J connectivity index is 2.96. The number of nitrogens with zero attached hydrogens (tertiary/aromatic N) is 2. The average molecular weight is 281 g/mol. The van der Waals surface area contributed by atoms with Gasteiger partial charge in [0.25, 0.3) is 5.69 Å². The summed E-state index contributed by atoms with van der Waals surface area (Å²) < 4.78 is 0. The van der Waals surface area contributed by atoms with E-state index < -0.39 is 16.6 Å². The Morgan fingerprint density at radius 3 is 2.50 bits per heavy atom. The van der Waals surface area contributed by atoms with Crippen LogP contribution in [0.2, 0.25) is 0 Å². The van der Waals surface area contributed by atoms with Crippen LogP contribution in [0, 0.1) is 10.1 Å². The van der Waals surface area contributed by atoms with Crippen molar-refractivity contribution in [2.24, 2.45) is 0 Å². The summed E-state index contributed by atoms with van der Waals surface area (Å²) in [6.45, 7) is 4.63. The van der Waals surface area contributed by atoms with Gasteiger partial charge >= 0.3 is 5.97 Å². The molecular formula is C13H19N3O4. The minimum Gasteiger partial charge on any atom is -0.477 e. The van der Waals surface area contributed by atoms with Gasteiger partial charge in [-0.15, -0.1) is 0 Å². The van der Waals surface area contributed by atoms with Crippen LogP contribution in [0.5, 0.6) is 0 Å². The van der Waals surface area contributed by atoms with E-state index in [1.165, 1.54) is 18.2 Å². The molecule has 0 aliphatic carbocycles. The van der Waals surface area contributed by atoms with Crippen LogP contribution in [-0.4, -0.2) is 47.1 Å². The van der Waals surface area contributed by atoms with E-state index in [1.807, 2.05) is 32.8 Å². The van der Waals surface area contributed by atoms with Gasteiger partial charge in [0.2, 0.25) is 0 Å². The molecule has 2 N–H and O–H groups in total. The minimum absolute atomic E-state index is 0.139. The smallest absolute Gasteiger partial charge is 0.342 e. The molecule has 0 aromatic heterocycles. The first-order valence-corrected chi connectivity index (χ1v) is 6.08. The highest BCUT2D eigenvalue weighted by Gasteiger charge is 2.22. The Morgan fingerprint density at radius 2 is 2.05 bits per heavy atom. The Labute approximate surface area is 117 Å². The van der Waals surface area contributed by atoms with Crippen molar-refractivity contribution in [2.45, 2.75) is 19.4 Å². The predicted octanol–water partition coefficient (Wildman–Crippen LogP) is 2.05. The number of anilines is 1. The molecular weight excluding hydrogens is 262 g/mol. The normalized spacial score (nSPS) is 11.4. The molecule has 7 heteroatoms. The maximum absolute atomic E-state index is 10.9. The number of carbonyl (C=O) groups is 1. The molecule has 0 atom stereocenters. The molecule has 0 heterocycles. The second-order valence-corrected chi connectivity index (χ2v) is 5.35. The van der Waals surface area contributed by atoms with E-state index in [0.29, 0.717) is 12.2 Å². The molecule has 0 aliphatic heterocycles. The third-order valence-corrected chi connectivity index (χ3v) is 3.36. The number of hydrogen-bond donors (Lipinski definition) is 2. The highest BCUT2D eigenvalue weighted by atomic mass is 16.6. The molecule has 0 aliphatic rings. The summed E-state index contributed by atoms with van der Waals surface area (Å²) in [5.41, 5.74) is -0.338. The van der Waals surface area contributed by atoms with Crippen LogP contribution in [0.1, 0.15) is 24.2 Å². The van der Waals surface area contributed by atoms with Crippen molar-refractivity contribution in [3.05, 3.63) is 33.9 Å². The molecule has 110 valence electrons. The van der Waals surface area contributed by atoms with Gasteiger partial charge in [0, 0.05) is 23.8 Å². The SMILES string of the molecule is CN(C)C(C)(C)CNc1ccc(C(=O)O)c([N+](=O)[O-])c1. The van der Waals surface area contributed by atoms with Crippen molar-refractivity contribution in [3.8, 4) is 0 Å². The number of carboxylic acids is 1. The lowest BCUT2D eigenvalue weighted by Gasteiger charge is -2.33. The number of carboxylic acid groups (broad SMARTS) is 1. The van der Waals surface area contributed by atoms with Gasteiger partial charge in [-0.05, 0) is 40.1 Å². The summed E-state index contributed by atoms with van der Waals surface area (Å²) in [4.78, 5) is 23.1. The summed E-state index contributed by atoms with van der Waals surface area (Å²) in [5, 5.41) is 22.9. The van der Waals surface area contributed by atoms with Crippen molar-refractivity contribution < 1.29 is 14.8 Å². The van der Waals surface area contributed by atoms with Crippen LogP contribution < -0.4 is 5.32 Å². The Bertz CT molecular complexity index is 526. The number of aromatic carboxylic acids is 1. The van der Waals surface area contributed by atoms with Gasteiger partial charge in [-0.1, -0.05) is 0 Å². The van der Waals surface area contributed by atoms with Crippen LogP contribution in [0.25, 0.3) is 0 Å². The molecule has 1 rings (SSSR count). The molecule has 1 aromatic rings. The number of nitrogens with one attached hydrogen (secondary N) is 1. The molecule has 0 saturated carbocycles. The van der Waals surface area contributed by atoms with Gasteiger partial charge in [-0.25, -0.2) is 4.79 Å². The maximum atomic E-state index is 10.9. The first-order valence-electron chi connectivity index (χ1n) is 6.08. The zero-order valence-corrected chi connectivity index (χ0v) is 12.0. The summed E-state index contributed by atoms with van der Waals surface area (Å²) >= 11 is 0. The number of hydrogen-bond acceptors (Lipinski definition) is 5. The van der Waals surface area contributed by atoms with Gasteiger partial charge in [-0.3, -0.25) is 10.1 Å². The molecule has 20 heavy (non-hydrogen) atoms. The van der Waals surface area contributed by atoms with Crippen molar-refractivity contribution in [1.29, 1.82) is 0 Å². The molecule has 0 spiro atoms. The van der Waals surface area contributed by atoms with E-state index in [0.717, 1.165) is 0 Å². The molecule has 0 bridgehead atoms. The zero-order chi connectivity index (χ0) is 15.5. The first-order chi connectivity index (χ1) is 9.15. The first kappa shape index (κ1) is 15.9. The topological polar surface area (TPSA) is 95.7 Å². The highest BCUT2D eigenvalue weighted by Crippen LogP contribution is 2.24. The summed E-state index contributed by atoms with van der Waals surface area (Å²) in [5.74, 6) is -1.31. The summed E-state index contributed by atoms with van der Waals surface area (Å²) in [6.07, 6.45) is 0. The van der Waals surface area contributed by atoms with Gasteiger partial charge in [0.1, 0.15) is 5.56 Å². The zero-order valence-electron chi connectivity index (χ0n) is 12.0. The number of rotatable bonds is 6. The fourth-order valence-corrected chi connectivity index (χ4v) is 1.45. The molecule has 0 radical (unpaired) electrons. The van der Waals surface area contributed by atoms with Crippen LogP contribution in [0.3, 0.4) is 0 Å². The lowest BCUT2D eigenvalue weighted by atomic mass is 10.0. The van der Waals surface area contributed by atoms with E-state index in [2.05, 4.69) is 5.32 Å². The van der Waals surface area contributed by atoms with E-state index in [-0.39, 0.29) is 11.1 Å².